The SMILES string of the molecule is CCOc1ccc(C2c3c(oc4ccc(CC)cc4c3=O)C(=O)N2CCCN2CCOCC2)cc1OC. The molecule has 1 atom stereocenters. The van der Waals surface area contributed by atoms with Crippen LogP contribution in [-0.2, 0) is 11.2 Å². The van der Waals surface area contributed by atoms with E-state index in [9.17, 15) is 9.59 Å². The van der Waals surface area contributed by atoms with E-state index < -0.39 is 6.04 Å². The summed E-state index contributed by atoms with van der Waals surface area (Å²) in [6.45, 7) is 9.05. The van der Waals surface area contributed by atoms with Crippen LogP contribution < -0.4 is 14.9 Å². The highest BCUT2D eigenvalue weighted by Gasteiger charge is 2.42. The van der Waals surface area contributed by atoms with Gasteiger partial charge >= 0.3 is 0 Å². The molecule has 0 N–H and O–H groups in total. The molecule has 5 rings (SSSR count). The fourth-order valence-electron chi connectivity index (χ4n) is 5.28. The van der Waals surface area contributed by atoms with Gasteiger partial charge < -0.3 is 23.5 Å². The summed E-state index contributed by atoms with van der Waals surface area (Å²) in [5, 5.41) is 0.504. The van der Waals surface area contributed by atoms with Crippen LogP contribution in [0, 0.1) is 0 Å². The molecule has 0 spiro atoms. The molecule has 1 fully saturated rings. The van der Waals surface area contributed by atoms with E-state index in [1.165, 1.54) is 0 Å². The van der Waals surface area contributed by atoms with Crippen molar-refractivity contribution in [1.29, 1.82) is 0 Å². The normalized spacial score (nSPS) is 17.9. The molecule has 0 saturated carbocycles. The minimum atomic E-state index is -0.567. The molecule has 0 radical (unpaired) electrons. The number of methoxy groups -OCH3 is 1. The molecule has 1 saturated heterocycles. The summed E-state index contributed by atoms with van der Waals surface area (Å²) in [6, 6.07) is 10.6. The lowest BCUT2D eigenvalue weighted by Gasteiger charge is -2.29. The van der Waals surface area contributed by atoms with E-state index in [0.29, 0.717) is 41.2 Å². The Balaban J connectivity index is 1.57. The highest BCUT2D eigenvalue weighted by atomic mass is 16.5. The quantitative estimate of drug-likeness (QED) is 0.433. The minimum Gasteiger partial charge on any atom is -0.493 e. The smallest absolute Gasteiger partial charge is 0.290 e. The maximum absolute atomic E-state index is 13.9. The van der Waals surface area contributed by atoms with Gasteiger partial charge in [-0.05, 0) is 55.2 Å². The van der Waals surface area contributed by atoms with Crippen LogP contribution in [0.5, 0.6) is 11.5 Å². The fourth-order valence-corrected chi connectivity index (χ4v) is 5.28. The summed E-state index contributed by atoms with van der Waals surface area (Å²) >= 11 is 0. The number of morpholine rings is 1. The van der Waals surface area contributed by atoms with Crippen LogP contribution in [0.2, 0.25) is 0 Å². The first kappa shape index (κ1) is 25.3. The van der Waals surface area contributed by atoms with Gasteiger partial charge in [0.05, 0.1) is 43.9 Å². The Hall–Kier alpha value is -3.36. The summed E-state index contributed by atoms with van der Waals surface area (Å²) in [5.41, 5.74) is 2.51. The number of carbonyl (C=O) groups is 1. The predicted molar refractivity (Wildman–Crippen MR) is 141 cm³/mol. The number of aryl methyl sites for hydroxylation is 1. The second-order valence-corrected chi connectivity index (χ2v) is 9.41. The Morgan fingerprint density at radius 3 is 2.54 bits per heavy atom. The van der Waals surface area contributed by atoms with Crippen molar-refractivity contribution in [3.63, 3.8) is 0 Å². The Bertz CT molecular complexity index is 1340. The topological polar surface area (TPSA) is 81.5 Å². The Kier molecular flexibility index (Phi) is 7.48. The maximum Gasteiger partial charge on any atom is 0.290 e. The molecular formula is C29H34N2O6. The summed E-state index contributed by atoms with van der Waals surface area (Å²) in [7, 11) is 1.59. The average molecular weight is 507 g/mol. The number of fused-ring (bicyclic) bond motifs is 2. The predicted octanol–water partition coefficient (Wildman–Crippen LogP) is 4.03. The first-order chi connectivity index (χ1) is 18.0. The van der Waals surface area contributed by atoms with E-state index in [0.717, 1.165) is 56.8 Å². The number of benzene rings is 2. The standard InChI is InChI=1S/C29H34N2O6/c1-4-19-7-9-22-21(17-19)27(32)25-26(20-8-10-23(36-5-2)24(18-20)34-3)31(29(33)28(25)37-22)12-6-11-30-13-15-35-16-14-30/h7-10,17-18,26H,4-6,11-16H2,1-3H3. The molecule has 8 heteroatoms. The van der Waals surface area contributed by atoms with E-state index in [1.807, 2.05) is 44.2 Å². The number of rotatable bonds is 9. The lowest BCUT2D eigenvalue weighted by atomic mass is 9.97. The zero-order valence-corrected chi connectivity index (χ0v) is 21.7. The van der Waals surface area contributed by atoms with Gasteiger partial charge in [-0.1, -0.05) is 19.1 Å². The third kappa shape index (κ3) is 4.83. The van der Waals surface area contributed by atoms with Gasteiger partial charge in [0.25, 0.3) is 5.91 Å². The van der Waals surface area contributed by atoms with Gasteiger partial charge in [-0.25, -0.2) is 0 Å². The van der Waals surface area contributed by atoms with Crippen LogP contribution >= 0.6 is 0 Å². The molecule has 1 aromatic heterocycles. The van der Waals surface area contributed by atoms with E-state index in [2.05, 4.69) is 4.90 Å². The van der Waals surface area contributed by atoms with Crippen molar-refractivity contribution in [3.05, 3.63) is 69.1 Å². The summed E-state index contributed by atoms with van der Waals surface area (Å²) in [6.07, 6.45) is 1.58. The molecule has 2 aromatic carbocycles. The van der Waals surface area contributed by atoms with E-state index in [1.54, 1.807) is 18.1 Å². The monoisotopic (exact) mass is 506 g/mol. The number of hydrogen-bond donors (Lipinski definition) is 0. The Morgan fingerprint density at radius 2 is 1.81 bits per heavy atom. The molecule has 1 amide bonds. The molecule has 37 heavy (non-hydrogen) atoms. The van der Waals surface area contributed by atoms with E-state index in [-0.39, 0.29) is 17.1 Å². The Labute approximate surface area is 216 Å². The molecule has 0 aliphatic carbocycles. The molecular weight excluding hydrogens is 472 g/mol. The maximum atomic E-state index is 13.9. The number of ether oxygens (including phenoxy) is 3. The molecule has 1 unspecified atom stereocenters. The molecule has 2 aliphatic rings. The van der Waals surface area contributed by atoms with Gasteiger partial charge in [-0.2, -0.15) is 0 Å². The van der Waals surface area contributed by atoms with Crippen LogP contribution in [0.4, 0.5) is 0 Å². The average Bonchev–Trinajstić information content (AvgIpc) is 3.21. The van der Waals surface area contributed by atoms with Crippen LogP contribution in [0.3, 0.4) is 0 Å². The summed E-state index contributed by atoms with van der Waals surface area (Å²) < 4.78 is 22.9. The zero-order valence-electron chi connectivity index (χ0n) is 21.7. The fraction of sp³-hybridized carbons (Fsp3) is 0.448. The van der Waals surface area contributed by atoms with Crippen LogP contribution in [-0.4, -0.2) is 68.8 Å². The van der Waals surface area contributed by atoms with Gasteiger partial charge in [0.2, 0.25) is 5.76 Å². The van der Waals surface area contributed by atoms with Crippen molar-refractivity contribution in [2.45, 2.75) is 32.7 Å². The third-order valence-electron chi connectivity index (χ3n) is 7.22. The largest absolute Gasteiger partial charge is 0.493 e. The summed E-state index contributed by atoms with van der Waals surface area (Å²) in [4.78, 5) is 31.7. The molecule has 3 heterocycles. The number of hydrogen-bond acceptors (Lipinski definition) is 7. The second kappa shape index (κ2) is 10.9. The third-order valence-corrected chi connectivity index (χ3v) is 7.22. The van der Waals surface area contributed by atoms with Crippen molar-refractivity contribution in [2.24, 2.45) is 0 Å². The molecule has 0 bridgehead atoms. The molecule has 2 aliphatic heterocycles. The van der Waals surface area contributed by atoms with Gasteiger partial charge in [0.1, 0.15) is 5.58 Å². The van der Waals surface area contributed by atoms with Crippen molar-refractivity contribution in [1.82, 2.24) is 9.80 Å². The highest BCUT2D eigenvalue weighted by molar-refractivity contribution is 5.99. The van der Waals surface area contributed by atoms with Crippen molar-refractivity contribution >= 4 is 16.9 Å². The first-order valence-electron chi connectivity index (χ1n) is 13.1. The molecule has 8 nitrogen and oxygen atoms in total. The first-order valence-corrected chi connectivity index (χ1v) is 13.1. The zero-order chi connectivity index (χ0) is 25.9. The number of nitrogens with zero attached hydrogens (tertiary/aromatic N) is 2. The summed E-state index contributed by atoms with van der Waals surface area (Å²) in [5.74, 6) is 1.06. The van der Waals surface area contributed by atoms with Crippen LogP contribution in [0.15, 0.2) is 45.6 Å². The van der Waals surface area contributed by atoms with Crippen molar-refractivity contribution < 1.29 is 23.4 Å². The van der Waals surface area contributed by atoms with Crippen molar-refractivity contribution in [3.8, 4) is 11.5 Å². The number of carbonyl (C=O) groups excluding carboxylic acids is 1. The van der Waals surface area contributed by atoms with Crippen molar-refractivity contribution in [2.75, 3.05) is 53.1 Å². The van der Waals surface area contributed by atoms with E-state index in [4.69, 9.17) is 18.6 Å². The van der Waals surface area contributed by atoms with Gasteiger partial charge in [-0.15, -0.1) is 0 Å². The number of amides is 1. The minimum absolute atomic E-state index is 0.131. The highest BCUT2D eigenvalue weighted by Crippen LogP contribution is 2.41. The van der Waals surface area contributed by atoms with Gasteiger partial charge in [0.15, 0.2) is 16.9 Å². The lowest BCUT2D eigenvalue weighted by molar-refractivity contribution is 0.0353. The molecule has 3 aromatic rings. The Morgan fingerprint density at radius 1 is 1.00 bits per heavy atom. The van der Waals surface area contributed by atoms with Crippen LogP contribution in [0.25, 0.3) is 11.0 Å². The lowest BCUT2D eigenvalue weighted by Crippen LogP contribution is -2.38. The van der Waals surface area contributed by atoms with Gasteiger partial charge in [-0.3, -0.25) is 14.5 Å². The second-order valence-electron chi connectivity index (χ2n) is 9.41. The van der Waals surface area contributed by atoms with Crippen LogP contribution in [0.1, 0.15) is 53.6 Å². The van der Waals surface area contributed by atoms with E-state index >= 15 is 0 Å². The van der Waals surface area contributed by atoms with Gasteiger partial charge in [0, 0.05) is 26.2 Å². The molecule has 196 valence electrons.